The van der Waals surface area contributed by atoms with Gasteiger partial charge < -0.3 is 16.4 Å². The summed E-state index contributed by atoms with van der Waals surface area (Å²) < 4.78 is 0. The summed E-state index contributed by atoms with van der Waals surface area (Å²) in [5.41, 5.74) is 6.17. The monoisotopic (exact) mass is 328 g/mol. The number of nitrogens with zero attached hydrogens (tertiary/aromatic N) is 1. The second-order valence-electron chi connectivity index (χ2n) is 5.46. The molecule has 1 amide bonds. The molecule has 7 nitrogen and oxygen atoms in total. The van der Waals surface area contributed by atoms with Gasteiger partial charge in [-0.15, -0.1) is 12.4 Å². The third-order valence-electron chi connectivity index (χ3n) is 3.41. The molecule has 1 aliphatic carbocycles. The number of hydrogen-bond acceptors (Lipinski definition) is 5. The average molecular weight is 329 g/mol. The largest absolute Gasteiger partial charge is 0.377 e. The minimum atomic E-state index is -0.468. The van der Waals surface area contributed by atoms with Gasteiger partial charge in [-0.3, -0.25) is 14.9 Å². The number of halogens is 1. The number of nitro benzene ring substituents is 1. The minimum Gasteiger partial charge on any atom is -0.377 e. The third-order valence-corrected chi connectivity index (χ3v) is 3.41. The Hall–Kier alpha value is -1.86. The van der Waals surface area contributed by atoms with Gasteiger partial charge >= 0.3 is 0 Å². The first-order chi connectivity index (χ1) is 10.0. The van der Waals surface area contributed by atoms with Crippen LogP contribution in [0.1, 0.15) is 30.1 Å². The van der Waals surface area contributed by atoms with Crippen LogP contribution in [0.4, 0.5) is 11.4 Å². The van der Waals surface area contributed by atoms with Crippen LogP contribution in [0.3, 0.4) is 0 Å². The van der Waals surface area contributed by atoms with E-state index in [9.17, 15) is 14.9 Å². The Morgan fingerprint density at radius 2 is 2.18 bits per heavy atom. The molecule has 0 aliphatic heterocycles. The molecule has 0 spiro atoms. The molecular formula is C14H21ClN4O3. The maximum absolute atomic E-state index is 12.0. The van der Waals surface area contributed by atoms with Gasteiger partial charge in [-0.05, 0) is 37.4 Å². The Morgan fingerprint density at radius 1 is 1.50 bits per heavy atom. The predicted molar refractivity (Wildman–Crippen MR) is 87.5 cm³/mol. The van der Waals surface area contributed by atoms with E-state index in [1.165, 1.54) is 6.07 Å². The van der Waals surface area contributed by atoms with E-state index in [4.69, 9.17) is 5.73 Å². The van der Waals surface area contributed by atoms with E-state index in [2.05, 4.69) is 10.6 Å². The summed E-state index contributed by atoms with van der Waals surface area (Å²) in [5.74, 6) is -0.156. The van der Waals surface area contributed by atoms with E-state index in [1.807, 2.05) is 6.92 Å². The zero-order valence-corrected chi connectivity index (χ0v) is 13.2. The molecule has 122 valence electrons. The van der Waals surface area contributed by atoms with Crippen LogP contribution in [0, 0.1) is 16.0 Å². The number of rotatable bonds is 7. The molecule has 0 radical (unpaired) electrons. The van der Waals surface area contributed by atoms with Crippen LogP contribution >= 0.6 is 12.4 Å². The number of nitrogens with two attached hydrogens (primary N) is 1. The molecule has 22 heavy (non-hydrogen) atoms. The molecule has 2 rings (SSSR count). The fraction of sp³-hybridized carbons (Fsp3) is 0.500. The Balaban J connectivity index is 0.00000242. The molecule has 0 saturated heterocycles. The molecule has 1 atom stereocenters. The van der Waals surface area contributed by atoms with Crippen molar-refractivity contribution >= 4 is 29.7 Å². The van der Waals surface area contributed by atoms with Gasteiger partial charge in [-0.25, -0.2) is 0 Å². The van der Waals surface area contributed by atoms with Gasteiger partial charge in [0.1, 0.15) is 5.69 Å². The summed E-state index contributed by atoms with van der Waals surface area (Å²) in [6.45, 7) is 2.85. The van der Waals surface area contributed by atoms with Crippen molar-refractivity contribution in [3.8, 4) is 0 Å². The van der Waals surface area contributed by atoms with Crippen LogP contribution in [0.2, 0.25) is 0 Å². The van der Waals surface area contributed by atoms with Crippen molar-refractivity contribution in [3.63, 3.8) is 0 Å². The molecule has 0 heterocycles. The summed E-state index contributed by atoms with van der Waals surface area (Å²) in [6, 6.07) is 4.82. The van der Waals surface area contributed by atoms with Crippen LogP contribution in [0.25, 0.3) is 0 Å². The maximum Gasteiger partial charge on any atom is 0.293 e. The van der Waals surface area contributed by atoms with Gasteiger partial charge in [0, 0.05) is 24.2 Å². The van der Waals surface area contributed by atoms with Crippen LogP contribution < -0.4 is 16.4 Å². The molecule has 1 saturated carbocycles. The van der Waals surface area contributed by atoms with E-state index in [1.54, 1.807) is 12.1 Å². The van der Waals surface area contributed by atoms with E-state index in [0.717, 1.165) is 12.8 Å². The fourth-order valence-electron chi connectivity index (χ4n) is 1.85. The highest BCUT2D eigenvalue weighted by Gasteiger charge is 2.25. The molecule has 1 fully saturated rings. The summed E-state index contributed by atoms with van der Waals surface area (Å²) in [7, 11) is 0. The summed E-state index contributed by atoms with van der Waals surface area (Å²) >= 11 is 0. The van der Waals surface area contributed by atoms with Gasteiger partial charge in [0.05, 0.1) is 4.92 Å². The number of carbonyl (C=O) groups excluding carboxylic acids is 1. The summed E-state index contributed by atoms with van der Waals surface area (Å²) in [6.07, 6.45) is 2.05. The van der Waals surface area contributed by atoms with E-state index < -0.39 is 4.92 Å². The summed E-state index contributed by atoms with van der Waals surface area (Å²) in [4.78, 5) is 22.7. The predicted octanol–water partition coefficient (Wildman–Crippen LogP) is 1.92. The summed E-state index contributed by atoms with van der Waals surface area (Å²) in [5, 5.41) is 17.0. The van der Waals surface area contributed by atoms with Crippen LogP contribution in [0.5, 0.6) is 0 Å². The SMILES string of the molecule is CC(CN)CNC(=O)c1ccc(NC2CC2)c([N+](=O)[O-])c1.Cl. The lowest BCUT2D eigenvalue weighted by Crippen LogP contribution is -2.31. The highest BCUT2D eigenvalue weighted by atomic mass is 35.5. The van der Waals surface area contributed by atoms with Crippen LogP contribution in [-0.4, -0.2) is 30.0 Å². The number of benzene rings is 1. The minimum absolute atomic E-state index is 0. The van der Waals surface area contributed by atoms with Gasteiger partial charge in [-0.1, -0.05) is 6.92 Å². The standard InChI is InChI=1S/C14H20N4O3.ClH/c1-9(7-15)8-16-14(19)10-2-5-12(17-11-3-4-11)13(6-10)18(20)21;/h2,5-6,9,11,17H,3-4,7-8,15H2,1H3,(H,16,19);1H. The maximum atomic E-state index is 12.0. The number of nitrogens with one attached hydrogen (secondary N) is 2. The Labute approximate surface area is 135 Å². The first-order valence-corrected chi connectivity index (χ1v) is 7.04. The molecule has 4 N–H and O–H groups in total. The highest BCUT2D eigenvalue weighted by Crippen LogP contribution is 2.31. The van der Waals surface area contributed by atoms with E-state index in [0.29, 0.717) is 24.8 Å². The fourth-order valence-corrected chi connectivity index (χ4v) is 1.85. The average Bonchev–Trinajstić information content (AvgIpc) is 3.28. The molecular weight excluding hydrogens is 308 g/mol. The second-order valence-corrected chi connectivity index (χ2v) is 5.46. The van der Waals surface area contributed by atoms with Crippen molar-refractivity contribution in [2.45, 2.75) is 25.8 Å². The molecule has 0 bridgehead atoms. The molecule has 1 unspecified atom stereocenters. The Morgan fingerprint density at radius 3 is 2.73 bits per heavy atom. The van der Waals surface area contributed by atoms with Crippen LogP contribution in [0.15, 0.2) is 18.2 Å². The second kappa shape index (κ2) is 7.95. The third kappa shape index (κ3) is 4.85. The normalized spacial score (nSPS) is 14.6. The zero-order valence-electron chi connectivity index (χ0n) is 12.4. The van der Waals surface area contributed by atoms with Crippen molar-refractivity contribution < 1.29 is 9.72 Å². The van der Waals surface area contributed by atoms with E-state index in [-0.39, 0.29) is 35.5 Å². The number of nitro groups is 1. The first kappa shape index (κ1) is 18.2. The van der Waals surface area contributed by atoms with Crippen molar-refractivity contribution in [2.24, 2.45) is 11.7 Å². The Bertz CT molecular complexity index is 549. The van der Waals surface area contributed by atoms with Gasteiger partial charge in [0.25, 0.3) is 11.6 Å². The van der Waals surface area contributed by atoms with Crippen LogP contribution in [-0.2, 0) is 0 Å². The van der Waals surface area contributed by atoms with Gasteiger partial charge in [0.15, 0.2) is 0 Å². The molecule has 8 heteroatoms. The number of hydrogen-bond donors (Lipinski definition) is 3. The first-order valence-electron chi connectivity index (χ1n) is 7.04. The number of amides is 1. The topological polar surface area (TPSA) is 110 Å². The lowest BCUT2D eigenvalue weighted by atomic mass is 10.1. The molecule has 1 aliphatic rings. The van der Waals surface area contributed by atoms with Gasteiger partial charge in [0.2, 0.25) is 0 Å². The highest BCUT2D eigenvalue weighted by molar-refractivity contribution is 5.95. The van der Waals surface area contributed by atoms with Crippen molar-refractivity contribution in [2.75, 3.05) is 18.4 Å². The number of anilines is 1. The quantitative estimate of drug-likeness (QED) is 0.523. The molecule has 0 aromatic heterocycles. The Kier molecular flexibility index (Phi) is 6.58. The number of carbonyl (C=O) groups is 1. The van der Waals surface area contributed by atoms with Gasteiger partial charge in [-0.2, -0.15) is 0 Å². The van der Waals surface area contributed by atoms with Crippen molar-refractivity contribution in [1.29, 1.82) is 0 Å². The zero-order chi connectivity index (χ0) is 15.4. The molecule has 1 aromatic carbocycles. The smallest absolute Gasteiger partial charge is 0.293 e. The molecule has 1 aromatic rings. The van der Waals surface area contributed by atoms with Crippen molar-refractivity contribution in [1.82, 2.24) is 5.32 Å². The lowest BCUT2D eigenvalue weighted by Gasteiger charge is -2.11. The van der Waals surface area contributed by atoms with E-state index >= 15 is 0 Å². The van der Waals surface area contributed by atoms with Crippen molar-refractivity contribution in [3.05, 3.63) is 33.9 Å². The lowest BCUT2D eigenvalue weighted by molar-refractivity contribution is -0.384.